The van der Waals surface area contributed by atoms with Crippen molar-refractivity contribution >= 4 is 11.7 Å². The third-order valence-corrected chi connectivity index (χ3v) is 7.65. The number of aromatic nitrogens is 1. The van der Waals surface area contributed by atoms with Crippen LogP contribution in [0.1, 0.15) is 75.9 Å². The zero-order valence-corrected chi connectivity index (χ0v) is 25.3. The summed E-state index contributed by atoms with van der Waals surface area (Å²) >= 11 is 0. The van der Waals surface area contributed by atoms with Crippen LogP contribution in [-0.2, 0) is 16.0 Å². The number of ether oxygens (including phenoxy) is 2. The molecule has 1 N–H and O–H groups in total. The molecule has 8 heteroatoms. The zero-order chi connectivity index (χ0) is 30.7. The highest BCUT2D eigenvalue weighted by Gasteiger charge is 2.35. The van der Waals surface area contributed by atoms with E-state index in [1.807, 2.05) is 33.8 Å². The SMILES string of the molecule is Cc1ncc(-c2ccc(OCCc3ccc(F)cc3)c(C#N)c2)c(N2CCC(C)(C)CC2)c1C(OC(C)(C)C)C(=O)O. The Bertz CT molecular complexity index is 1460. The summed E-state index contributed by atoms with van der Waals surface area (Å²) in [5, 5.41) is 20.3. The lowest BCUT2D eigenvalue weighted by atomic mass is 9.82. The second-order valence-electron chi connectivity index (χ2n) is 12.7. The molecule has 2 heterocycles. The lowest BCUT2D eigenvalue weighted by molar-refractivity contribution is -0.160. The fraction of sp³-hybridized carbons (Fsp3) is 0.441. The number of nitriles is 1. The minimum atomic E-state index is -1.22. The Labute approximate surface area is 247 Å². The van der Waals surface area contributed by atoms with Crippen molar-refractivity contribution in [3.63, 3.8) is 0 Å². The maximum atomic E-state index is 13.2. The number of hydrogen-bond acceptors (Lipinski definition) is 6. The molecule has 1 saturated heterocycles. The van der Waals surface area contributed by atoms with Crippen LogP contribution in [-0.4, -0.2) is 41.4 Å². The van der Waals surface area contributed by atoms with E-state index in [0.717, 1.165) is 48.3 Å². The molecule has 0 spiro atoms. The van der Waals surface area contributed by atoms with E-state index in [1.165, 1.54) is 12.1 Å². The monoisotopic (exact) mass is 573 g/mol. The molecule has 0 radical (unpaired) electrons. The highest BCUT2D eigenvalue weighted by Crippen LogP contribution is 2.44. The van der Waals surface area contributed by atoms with Crippen LogP contribution in [0, 0.1) is 29.5 Å². The van der Waals surface area contributed by atoms with Gasteiger partial charge in [0.25, 0.3) is 0 Å². The molecule has 0 aliphatic carbocycles. The molecule has 1 unspecified atom stereocenters. The summed E-state index contributed by atoms with van der Waals surface area (Å²) in [6, 6.07) is 13.9. The van der Waals surface area contributed by atoms with E-state index in [4.69, 9.17) is 9.47 Å². The summed E-state index contributed by atoms with van der Waals surface area (Å²) < 4.78 is 25.3. The number of hydrogen-bond donors (Lipinski definition) is 1. The first-order valence-corrected chi connectivity index (χ1v) is 14.3. The quantitative estimate of drug-likeness (QED) is 0.288. The van der Waals surface area contributed by atoms with Crippen molar-refractivity contribution in [2.45, 2.75) is 72.5 Å². The molecule has 0 bridgehead atoms. The van der Waals surface area contributed by atoms with Gasteiger partial charge in [-0.1, -0.05) is 32.0 Å². The highest BCUT2D eigenvalue weighted by molar-refractivity contribution is 5.87. The third kappa shape index (κ3) is 7.46. The molecule has 1 aliphatic heterocycles. The van der Waals surface area contributed by atoms with Crippen molar-refractivity contribution in [1.29, 1.82) is 5.26 Å². The largest absolute Gasteiger partial charge is 0.492 e. The molecule has 2 aromatic carbocycles. The van der Waals surface area contributed by atoms with E-state index >= 15 is 0 Å². The summed E-state index contributed by atoms with van der Waals surface area (Å²) in [5.74, 6) is -0.916. The summed E-state index contributed by atoms with van der Waals surface area (Å²) in [5.41, 5.74) is 4.18. The van der Waals surface area contributed by atoms with Gasteiger partial charge in [-0.25, -0.2) is 9.18 Å². The number of aryl methyl sites for hydroxylation is 1. The summed E-state index contributed by atoms with van der Waals surface area (Å²) in [6.45, 7) is 13.7. The predicted octanol–water partition coefficient (Wildman–Crippen LogP) is 7.26. The van der Waals surface area contributed by atoms with Crippen molar-refractivity contribution in [2.24, 2.45) is 5.41 Å². The van der Waals surface area contributed by atoms with Crippen molar-refractivity contribution in [3.8, 4) is 22.9 Å². The van der Waals surface area contributed by atoms with E-state index in [2.05, 4.69) is 29.8 Å². The van der Waals surface area contributed by atoms with Gasteiger partial charge in [0.1, 0.15) is 17.6 Å². The van der Waals surface area contributed by atoms with Crippen LogP contribution in [0.15, 0.2) is 48.7 Å². The molecule has 1 fully saturated rings. The number of aliphatic carboxylic acids is 1. The number of pyridine rings is 1. The normalized spacial score (nSPS) is 15.6. The number of carboxylic acid groups (broad SMARTS) is 1. The maximum absolute atomic E-state index is 13.2. The van der Waals surface area contributed by atoms with E-state index in [0.29, 0.717) is 35.6 Å². The molecule has 1 atom stereocenters. The van der Waals surface area contributed by atoms with Gasteiger partial charge in [-0.05, 0) is 81.3 Å². The molecular formula is C34H40FN3O4. The molecule has 42 heavy (non-hydrogen) atoms. The Hall–Kier alpha value is -3.96. The van der Waals surface area contributed by atoms with E-state index in [9.17, 15) is 19.6 Å². The minimum absolute atomic E-state index is 0.188. The van der Waals surface area contributed by atoms with Crippen LogP contribution in [0.3, 0.4) is 0 Å². The minimum Gasteiger partial charge on any atom is -0.492 e. The van der Waals surface area contributed by atoms with Gasteiger partial charge in [-0.3, -0.25) is 4.98 Å². The average Bonchev–Trinajstić information content (AvgIpc) is 2.92. The smallest absolute Gasteiger partial charge is 0.337 e. The summed E-state index contributed by atoms with van der Waals surface area (Å²) in [7, 11) is 0. The van der Waals surface area contributed by atoms with Gasteiger partial charge in [0.15, 0.2) is 6.10 Å². The topological polar surface area (TPSA) is 95.7 Å². The Kier molecular flexibility index (Phi) is 9.22. The first-order chi connectivity index (χ1) is 19.8. The van der Waals surface area contributed by atoms with Crippen LogP contribution in [0.25, 0.3) is 11.1 Å². The van der Waals surface area contributed by atoms with Gasteiger partial charge in [0.2, 0.25) is 0 Å². The van der Waals surface area contributed by atoms with E-state index in [1.54, 1.807) is 30.5 Å². The Morgan fingerprint density at radius 3 is 2.43 bits per heavy atom. The maximum Gasteiger partial charge on any atom is 0.337 e. The van der Waals surface area contributed by atoms with Crippen molar-refractivity contribution < 1.29 is 23.8 Å². The number of carboxylic acids is 1. The third-order valence-electron chi connectivity index (χ3n) is 7.65. The predicted molar refractivity (Wildman–Crippen MR) is 161 cm³/mol. The lowest BCUT2D eigenvalue weighted by Crippen LogP contribution is -2.39. The van der Waals surface area contributed by atoms with Gasteiger partial charge in [0, 0.05) is 42.5 Å². The van der Waals surface area contributed by atoms with Gasteiger partial charge in [0.05, 0.1) is 23.5 Å². The molecular weight excluding hydrogens is 533 g/mol. The highest BCUT2D eigenvalue weighted by atomic mass is 19.1. The summed E-state index contributed by atoms with van der Waals surface area (Å²) in [6.07, 6.45) is 3.02. The molecule has 0 saturated carbocycles. The molecule has 0 amide bonds. The molecule has 4 rings (SSSR count). The fourth-order valence-corrected chi connectivity index (χ4v) is 5.24. The Morgan fingerprint density at radius 2 is 1.83 bits per heavy atom. The van der Waals surface area contributed by atoms with Crippen molar-refractivity contribution in [3.05, 3.63) is 76.9 Å². The van der Waals surface area contributed by atoms with Crippen LogP contribution in [0.2, 0.25) is 0 Å². The average molecular weight is 574 g/mol. The van der Waals surface area contributed by atoms with E-state index in [-0.39, 0.29) is 11.2 Å². The number of piperidine rings is 1. The standard InChI is InChI=1S/C34H40FN3O4/c1-22-29(31(32(39)40)42-33(2,3)4)30(38-16-14-34(5,6)15-17-38)27(21-37-22)24-9-12-28(25(19-24)20-36)41-18-13-23-7-10-26(35)11-8-23/h7-12,19,21,31H,13-18H2,1-6H3,(H,39,40). The lowest BCUT2D eigenvalue weighted by Gasteiger charge is -2.41. The van der Waals surface area contributed by atoms with Gasteiger partial charge in [-0.2, -0.15) is 5.26 Å². The van der Waals surface area contributed by atoms with Crippen LogP contribution in [0.4, 0.5) is 10.1 Å². The number of rotatable bonds is 9. The molecule has 7 nitrogen and oxygen atoms in total. The molecule has 1 aromatic heterocycles. The fourth-order valence-electron chi connectivity index (χ4n) is 5.24. The number of anilines is 1. The first kappa shape index (κ1) is 31.0. The number of carbonyl (C=O) groups is 1. The van der Waals surface area contributed by atoms with Crippen molar-refractivity contribution in [1.82, 2.24) is 4.98 Å². The Morgan fingerprint density at radius 1 is 1.17 bits per heavy atom. The molecule has 222 valence electrons. The van der Waals surface area contributed by atoms with Crippen LogP contribution in [0.5, 0.6) is 5.75 Å². The van der Waals surface area contributed by atoms with Gasteiger partial charge in [-0.15, -0.1) is 0 Å². The number of halogens is 1. The number of nitrogens with zero attached hydrogens (tertiary/aromatic N) is 3. The second kappa shape index (κ2) is 12.5. The van der Waals surface area contributed by atoms with Crippen LogP contribution >= 0.6 is 0 Å². The molecule has 3 aromatic rings. The van der Waals surface area contributed by atoms with Gasteiger partial charge < -0.3 is 19.5 Å². The first-order valence-electron chi connectivity index (χ1n) is 14.3. The van der Waals surface area contributed by atoms with Gasteiger partial charge >= 0.3 is 5.97 Å². The van der Waals surface area contributed by atoms with Crippen molar-refractivity contribution in [2.75, 3.05) is 24.6 Å². The number of benzene rings is 2. The Balaban J connectivity index is 1.75. The van der Waals surface area contributed by atoms with Crippen LogP contribution < -0.4 is 9.64 Å². The van der Waals surface area contributed by atoms with E-state index < -0.39 is 17.7 Å². The molecule has 1 aliphatic rings. The second-order valence-corrected chi connectivity index (χ2v) is 12.7. The summed E-state index contributed by atoms with van der Waals surface area (Å²) in [4.78, 5) is 19.5. The zero-order valence-electron chi connectivity index (χ0n) is 25.3.